The van der Waals surface area contributed by atoms with Crippen LogP contribution in [-0.4, -0.2) is 11.9 Å². The predicted molar refractivity (Wildman–Crippen MR) is 69.5 cm³/mol. The number of nitrogens with one attached hydrogen (secondary N) is 1. The molecule has 0 radical (unpaired) electrons. The van der Waals surface area contributed by atoms with Crippen LogP contribution in [-0.2, 0) is 12.2 Å². The van der Waals surface area contributed by atoms with Crippen molar-refractivity contribution in [3.63, 3.8) is 0 Å². The molecular weight excluding hydrogens is 281 g/mol. The first-order valence-corrected chi connectivity index (χ1v) is 7.69. The Morgan fingerprint density at radius 3 is 2.83 bits per heavy atom. The summed E-state index contributed by atoms with van der Waals surface area (Å²) < 4.78 is 36.7. The third-order valence-corrected chi connectivity index (χ3v) is 5.27. The van der Waals surface area contributed by atoms with Gasteiger partial charge in [-0.05, 0) is 30.2 Å². The van der Waals surface area contributed by atoms with Crippen molar-refractivity contribution in [2.45, 2.75) is 37.2 Å². The van der Waals surface area contributed by atoms with E-state index < -0.39 is 18.6 Å². The molecule has 2 heterocycles. The molecule has 0 fully saturated rings. The molecule has 0 bridgehead atoms. The van der Waals surface area contributed by atoms with E-state index in [1.165, 1.54) is 10.4 Å². The summed E-state index contributed by atoms with van der Waals surface area (Å²) in [5.74, 6) is 7.43. The second-order valence-corrected chi connectivity index (χ2v) is 6.55. The molecule has 7 heteroatoms. The maximum absolute atomic E-state index is 12.2. The number of hydrogen-bond acceptors (Lipinski definition) is 4. The Kier molecular flexibility index (Phi) is 4.58. The van der Waals surface area contributed by atoms with Crippen LogP contribution in [0, 0.1) is 0 Å². The average Bonchev–Trinajstić information content (AvgIpc) is 2.71. The molecule has 0 aliphatic carbocycles. The van der Waals surface area contributed by atoms with Crippen LogP contribution in [0.1, 0.15) is 34.2 Å². The molecule has 1 aliphatic rings. The maximum atomic E-state index is 12.2. The van der Waals surface area contributed by atoms with Crippen LogP contribution in [0.5, 0.6) is 0 Å². The Bertz CT molecular complexity index is 380. The van der Waals surface area contributed by atoms with Gasteiger partial charge in [0.05, 0.1) is 6.04 Å². The second-order valence-electron chi connectivity index (χ2n) is 4.27. The van der Waals surface area contributed by atoms with E-state index in [9.17, 15) is 13.2 Å². The van der Waals surface area contributed by atoms with Crippen molar-refractivity contribution in [1.29, 1.82) is 0 Å². The molecule has 2 rings (SSSR count). The Labute approximate surface area is 112 Å². The second kappa shape index (κ2) is 5.81. The number of thioether (sulfide) groups is 1. The van der Waals surface area contributed by atoms with E-state index in [2.05, 4.69) is 5.43 Å². The molecule has 1 aliphatic heterocycles. The fourth-order valence-electron chi connectivity index (χ4n) is 1.96. The third kappa shape index (κ3) is 3.63. The van der Waals surface area contributed by atoms with Crippen molar-refractivity contribution in [3.8, 4) is 0 Å². The number of nitrogens with two attached hydrogens (primary N) is 1. The number of halogens is 3. The Morgan fingerprint density at radius 2 is 2.22 bits per heavy atom. The topological polar surface area (TPSA) is 38.0 Å². The summed E-state index contributed by atoms with van der Waals surface area (Å²) in [6.07, 6.45) is -3.92. The van der Waals surface area contributed by atoms with Crippen LogP contribution in [0.2, 0.25) is 0 Å². The van der Waals surface area contributed by atoms with Gasteiger partial charge in [0.2, 0.25) is 0 Å². The summed E-state index contributed by atoms with van der Waals surface area (Å²) in [4.78, 5) is 2.23. The van der Waals surface area contributed by atoms with Crippen LogP contribution in [0.15, 0.2) is 6.07 Å². The summed E-state index contributed by atoms with van der Waals surface area (Å²) >= 11 is 3.46. The monoisotopic (exact) mass is 296 g/mol. The van der Waals surface area contributed by atoms with E-state index in [-0.39, 0.29) is 6.42 Å². The number of hydrogen-bond donors (Lipinski definition) is 2. The quantitative estimate of drug-likeness (QED) is 0.661. The molecule has 0 spiro atoms. The van der Waals surface area contributed by atoms with E-state index in [4.69, 9.17) is 5.84 Å². The lowest BCUT2D eigenvalue weighted by Crippen LogP contribution is -2.28. The van der Waals surface area contributed by atoms with Crippen LogP contribution in [0.3, 0.4) is 0 Å². The summed E-state index contributed by atoms with van der Waals surface area (Å²) in [6, 6.07) is 1.61. The van der Waals surface area contributed by atoms with Gasteiger partial charge >= 0.3 is 6.18 Å². The maximum Gasteiger partial charge on any atom is 0.389 e. The molecule has 0 aromatic carbocycles. The molecule has 102 valence electrons. The van der Waals surface area contributed by atoms with Gasteiger partial charge < -0.3 is 0 Å². The molecule has 1 aromatic heterocycles. The number of aryl methyl sites for hydroxylation is 1. The number of rotatable bonds is 4. The fraction of sp³-hybridized carbons (Fsp3) is 0.636. The molecule has 1 aromatic rings. The molecule has 0 saturated heterocycles. The van der Waals surface area contributed by atoms with Crippen molar-refractivity contribution in [2.75, 3.05) is 5.75 Å². The summed E-state index contributed by atoms with van der Waals surface area (Å²) in [6.45, 7) is 0. The standard InChI is InChI=1S/C11H15F3N2S2/c12-11(13,14)3-1-8(16-15)10-5-7-6-17-4-2-9(7)18-10/h5,8,16H,1-4,6,15H2. The Morgan fingerprint density at radius 1 is 1.44 bits per heavy atom. The van der Waals surface area contributed by atoms with E-state index in [0.29, 0.717) is 0 Å². The molecule has 1 unspecified atom stereocenters. The minimum Gasteiger partial charge on any atom is -0.271 e. The van der Waals surface area contributed by atoms with Crippen LogP contribution >= 0.6 is 23.1 Å². The molecule has 0 amide bonds. The van der Waals surface area contributed by atoms with E-state index in [0.717, 1.165) is 22.8 Å². The van der Waals surface area contributed by atoms with E-state index in [1.807, 2.05) is 17.8 Å². The van der Waals surface area contributed by atoms with Crippen molar-refractivity contribution >= 4 is 23.1 Å². The van der Waals surface area contributed by atoms with Gasteiger partial charge in [-0.2, -0.15) is 24.9 Å². The zero-order valence-corrected chi connectivity index (χ0v) is 11.4. The van der Waals surface area contributed by atoms with Gasteiger partial charge in [0, 0.05) is 21.9 Å². The number of hydrazine groups is 1. The van der Waals surface area contributed by atoms with Gasteiger partial charge in [-0.25, -0.2) is 0 Å². The van der Waals surface area contributed by atoms with Gasteiger partial charge in [-0.1, -0.05) is 0 Å². The van der Waals surface area contributed by atoms with Gasteiger partial charge in [0.15, 0.2) is 0 Å². The van der Waals surface area contributed by atoms with Crippen molar-refractivity contribution < 1.29 is 13.2 Å². The van der Waals surface area contributed by atoms with E-state index in [1.54, 1.807) is 11.3 Å². The first kappa shape index (κ1) is 14.2. The summed E-state index contributed by atoms with van der Waals surface area (Å²) in [5, 5.41) is 0. The lowest BCUT2D eigenvalue weighted by Gasteiger charge is -2.15. The van der Waals surface area contributed by atoms with Gasteiger partial charge in [0.1, 0.15) is 0 Å². The highest BCUT2D eigenvalue weighted by atomic mass is 32.2. The van der Waals surface area contributed by atoms with Crippen LogP contribution in [0.25, 0.3) is 0 Å². The number of thiophene rings is 1. The number of alkyl halides is 3. The molecular formula is C11H15F3N2S2. The van der Waals surface area contributed by atoms with Gasteiger partial charge in [-0.15, -0.1) is 11.3 Å². The molecule has 3 N–H and O–H groups in total. The Hall–Kier alpha value is -0.240. The normalized spacial score (nSPS) is 17.6. The first-order valence-electron chi connectivity index (χ1n) is 5.71. The van der Waals surface area contributed by atoms with Crippen LogP contribution in [0.4, 0.5) is 13.2 Å². The highest BCUT2D eigenvalue weighted by Crippen LogP contribution is 2.36. The first-order chi connectivity index (χ1) is 8.49. The van der Waals surface area contributed by atoms with Crippen molar-refractivity contribution in [1.82, 2.24) is 5.43 Å². The minimum absolute atomic E-state index is 0.00740. The smallest absolute Gasteiger partial charge is 0.271 e. The lowest BCUT2D eigenvalue weighted by atomic mass is 10.1. The lowest BCUT2D eigenvalue weighted by molar-refractivity contribution is -0.136. The van der Waals surface area contributed by atoms with Crippen molar-refractivity contribution in [3.05, 3.63) is 21.4 Å². The van der Waals surface area contributed by atoms with Gasteiger partial charge in [0.25, 0.3) is 0 Å². The van der Waals surface area contributed by atoms with Crippen LogP contribution < -0.4 is 11.3 Å². The third-order valence-electron chi connectivity index (χ3n) is 2.91. The Balaban J connectivity index is 2.05. The SMILES string of the molecule is NNC(CCC(F)(F)F)c1cc2c(s1)CCSC2. The zero-order chi connectivity index (χ0) is 13.2. The molecule has 18 heavy (non-hydrogen) atoms. The zero-order valence-electron chi connectivity index (χ0n) is 9.72. The fourth-order valence-corrected chi connectivity index (χ4v) is 4.43. The highest BCUT2D eigenvalue weighted by molar-refractivity contribution is 7.98. The minimum atomic E-state index is -4.12. The van der Waals surface area contributed by atoms with Gasteiger partial charge in [-0.3, -0.25) is 11.3 Å². The summed E-state index contributed by atoms with van der Waals surface area (Å²) in [7, 11) is 0. The predicted octanol–water partition coefficient (Wildman–Crippen LogP) is 3.38. The van der Waals surface area contributed by atoms with E-state index >= 15 is 0 Å². The number of fused-ring (bicyclic) bond motifs is 1. The van der Waals surface area contributed by atoms with Crippen molar-refractivity contribution in [2.24, 2.45) is 5.84 Å². The highest BCUT2D eigenvalue weighted by Gasteiger charge is 2.29. The molecule has 1 atom stereocenters. The summed E-state index contributed by atoms with van der Waals surface area (Å²) in [5.41, 5.74) is 3.77. The molecule has 0 saturated carbocycles. The molecule has 2 nitrogen and oxygen atoms in total. The largest absolute Gasteiger partial charge is 0.389 e. The average molecular weight is 296 g/mol.